The maximum absolute atomic E-state index is 6.72. The first-order valence-corrected chi connectivity index (χ1v) is 14.6. The van der Waals surface area contributed by atoms with E-state index in [1.807, 2.05) is 24.3 Å². The van der Waals surface area contributed by atoms with Crippen molar-refractivity contribution < 1.29 is 0 Å². The first-order chi connectivity index (χ1) is 18.0. The van der Waals surface area contributed by atoms with E-state index in [1.165, 1.54) is 25.8 Å². The molecular formula is C34H28ClS2+. The second kappa shape index (κ2) is 11.5. The molecule has 0 aromatic heterocycles. The van der Waals surface area contributed by atoms with Gasteiger partial charge in [-0.1, -0.05) is 102 Å². The van der Waals surface area contributed by atoms with Gasteiger partial charge in [0.2, 0.25) is 0 Å². The Morgan fingerprint density at radius 3 is 1.65 bits per heavy atom. The molecule has 37 heavy (non-hydrogen) atoms. The fraction of sp³-hybridized carbons (Fsp3) is 0.0588. The molecule has 0 atom stereocenters. The van der Waals surface area contributed by atoms with Crippen LogP contribution >= 0.6 is 23.4 Å². The van der Waals surface area contributed by atoms with Gasteiger partial charge in [0.15, 0.2) is 14.7 Å². The Morgan fingerprint density at radius 1 is 0.622 bits per heavy atom. The van der Waals surface area contributed by atoms with E-state index in [1.54, 1.807) is 11.8 Å². The average Bonchev–Trinajstić information content (AvgIpc) is 2.93. The molecule has 0 amide bonds. The Labute approximate surface area is 232 Å². The highest BCUT2D eigenvalue weighted by molar-refractivity contribution is 7.99. The molecule has 182 valence electrons. The highest BCUT2D eigenvalue weighted by Gasteiger charge is 2.28. The van der Waals surface area contributed by atoms with E-state index >= 15 is 0 Å². The molecule has 0 N–H and O–H groups in total. The van der Waals surface area contributed by atoms with Crippen LogP contribution in [0.4, 0.5) is 0 Å². The summed E-state index contributed by atoms with van der Waals surface area (Å²) in [6.07, 6.45) is 0. The van der Waals surface area contributed by atoms with Crippen molar-refractivity contribution in [3.8, 4) is 0 Å². The van der Waals surface area contributed by atoms with Gasteiger partial charge in [-0.2, -0.15) is 0 Å². The third kappa shape index (κ3) is 6.05. The molecule has 5 rings (SSSR count). The van der Waals surface area contributed by atoms with Crippen LogP contribution in [0.15, 0.2) is 152 Å². The lowest BCUT2D eigenvalue weighted by Crippen LogP contribution is -2.04. The van der Waals surface area contributed by atoms with Gasteiger partial charge in [-0.15, -0.1) is 0 Å². The molecule has 0 saturated carbocycles. The minimum Gasteiger partial charge on any atom is -0.0906 e. The van der Waals surface area contributed by atoms with E-state index in [4.69, 9.17) is 11.6 Å². The van der Waals surface area contributed by atoms with Gasteiger partial charge in [0.05, 0.1) is 15.9 Å². The predicted molar refractivity (Wildman–Crippen MR) is 161 cm³/mol. The molecule has 0 saturated heterocycles. The molecule has 3 heteroatoms. The summed E-state index contributed by atoms with van der Waals surface area (Å²) in [6.45, 7) is 8.54. The van der Waals surface area contributed by atoms with Crippen molar-refractivity contribution in [2.24, 2.45) is 0 Å². The Hall–Kier alpha value is -3.17. The minimum atomic E-state index is -0.162. The molecule has 5 aromatic rings. The van der Waals surface area contributed by atoms with E-state index in [9.17, 15) is 0 Å². The third-order valence-corrected chi connectivity index (χ3v) is 9.94. The molecular weight excluding hydrogens is 508 g/mol. The maximum atomic E-state index is 6.72. The van der Waals surface area contributed by atoms with E-state index < -0.39 is 0 Å². The van der Waals surface area contributed by atoms with Crippen LogP contribution in [-0.2, 0) is 10.9 Å². The Bertz CT molecular complexity index is 1460. The molecule has 0 spiro atoms. The van der Waals surface area contributed by atoms with Crippen LogP contribution < -0.4 is 0 Å². The Balaban J connectivity index is 1.39. The van der Waals surface area contributed by atoms with Crippen molar-refractivity contribution in [1.82, 2.24) is 0 Å². The van der Waals surface area contributed by atoms with Crippen molar-refractivity contribution in [3.63, 3.8) is 0 Å². The van der Waals surface area contributed by atoms with Crippen molar-refractivity contribution in [3.05, 3.63) is 155 Å². The zero-order valence-corrected chi connectivity index (χ0v) is 23.3. The van der Waals surface area contributed by atoms with E-state index in [0.29, 0.717) is 0 Å². The smallest absolute Gasteiger partial charge is 0.0906 e. The fourth-order valence-electron chi connectivity index (χ4n) is 4.11. The monoisotopic (exact) mass is 535 g/mol. The second-order valence-corrected chi connectivity index (χ2v) is 12.5. The molecule has 0 aliphatic heterocycles. The van der Waals surface area contributed by atoms with Crippen molar-refractivity contribution >= 4 is 39.8 Å². The minimum absolute atomic E-state index is 0.162. The number of hydrogen-bond donors (Lipinski definition) is 0. The summed E-state index contributed by atoms with van der Waals surface area (Å²) < 4.78 is 0. The third-order valence-electron chi connectivity index (χ3n) is 6.20. The lowest BCUT2D eigenvalue weighted by Gasteiger charge is -2.11. The zero-order chi connectivity index (χ0) is 25.8. The SMILES string of the molecule is C=C(c1ccccc1)c1ccc(Sc2ccc([S+](c3ccc(C)cc3)c3ccc(C)cc3)cc2)c(Cl)c1. The molecule has 0 aliphatic carbocycles. The van der Waals surface area contributed by atoms with Gasteiger partial charge in [-0.3, -0.25) is 0 Å². The Morgan fingerprint density at radius 2 is 1.14 bits per heavy atom. The lowest BCUT2D eigenvalue weighted by molar-refractivity contribution is 1.27. The van der Waals surface area contributed by atoms with Crippen LogP contribution in [0.5, 0.6) is 0 Å². The molecule has 0 heterocycles. The molecule has 0 bridgehead atoms. The standard InChI is InChI=1S/C34H28ClS2/c1-24-9-16-30(17-10-24)37(31-18-11-25(2)12-19-31)32-20-14-29(15-21-32)36-34-22-13-28(23-33(34)35)26(3)27-7-5-4-6-8-27/h4-23H,3H2,1-2H3/q+1. The van der Waals surface area contributed by atoms with Gasteiger partial charge >= 0.3 is 0 Å². The lowest BCUT2D eigenvalue weighted by atomic mass is 10.00. The topological polar surface area (TPSA) is 0 Å². The second-order valence-electron chi connectivity index (χ2n) is 9.00. The van der Waals surface area contributed by atoms with Gasteiger partial charge in [-0.05, 0) is 91.2 Å². The number of hydrogen-bond acceptors (Lipinski definition) is 1. The summed E-state index contributed by atoms with van der Waals surface area (Å²) in [7, 11) is -0.162. The van der Waals surface area contributed by atoms with Crippen LogP contribution in [0.25, 0.3) is 5.57 Å². The normalized spacial score (nSPS) is 11.0. The summed E-state index contributed by atoms with van der Waals surface area (Å²) >= 11 is 8.41. The first kappa shape index (κ1) is 25.5. The molecule has 0 radical (unpaired) electrons. The van der Waals surface area contributed by atoms with Gasteiger partial charge in [0.25, 0.3) is 0 Å². The van der Waals surface area contributed by atoms with Crippen molar-refractivity contribution in [2.45, 2.75) is 38.3 Å². The van der Waals surface area contributed by atoms with Crippen LogP contribution in [-0.4, -0.2) is 0 Å². The fourth-order valence-corrected chi connectivity index (χ4v) is 7.26. The summed E-state index contributed by atoms with van der Waals surface area (Å²) in [5, 5.41) is 0.739. The Kier molecular flexibility index (Phi) is 7.90. The maximum Gasteiger partial charge on any atom is 0.166 e. The van der Waals surface area contributed by atoms with Gasteiger partial charge < -0.3 is 0 Å². The van der Waals surface area contributed by atoms with Crippen molar-refractivity contribution in [1.29, 1.82) is 0 Å². The van der Waals surface area contributed by atoms with Gasteiger partial charge in [0.1, 0.15) is 0 Å². The van der Waals surface area contributed by atoms with Crippen LogP contribution in [0.1, 0.15) is 22.3 Å². The van der Waals surface area contributed by atoms with Crippen LogP contribution in [0.3, 0.4) is 0 Å². The number of aryl methyl sites for hydroxylation is 2. The predicted octanol–water partition coefficient (Wildman–Crippen LogP) is 10.3. The highest BCUT2D eigenvalue weighted by Crippen LogP contribution is 2.38. The number of halogens is 1. The van der Waals surface area contributed by atoms with Crippen LogP contribution in [0.2, 0.25) is 5.02 Å². The van der Waals surface area contributed by atoms with E-state index in [0.717, 1.165) is 31.5 Å². The van der Waals surface area contributed by atoms with E-state index in [2.05, 4.69) is 117 Å². The van der Waals surface area contributed by atoms with E-state index in [-0.39, 0.29) is 10.9 Å². The molecule has 0 aliphatic rings. The molecule has 0 unspecified atom stereocenters. The zero-order valence-electron chi connectivity index (χ0n) is 20.9. The van der Waals surface area contributed by atoms with Gasteiger partial charge in [0, 0.05) is 9.79 Å². The highest BCUT2D eigenvalue weighted by atomic mass is 35.5. The van der Waals surface area contributed by atoms with Crippen molar-refractivity contribution in [2.75, 3.05) is 0 Å². The first-order valence-electron chi connectivity index (χ1n) is 12.2. The summed E-state index contributed by atoms with van der Waals surface area (Å²) in [5.74, 6) is 0. The molecule has 5 aromatic carbocycles. The summed E-state index contributed by atoms with van der Waals surface area (Å²) in [4.78, 5) is 6.16. The summed E-state index contributed by atoms with van der Waals surface area (Å²) in [5.41, 5.74) is 5.67. The quantitative estimate of drug-likeness (QED) is 0.187. The van der Waals surface area contributed by atoms with Crippen LogP contribution in [0, 0.1) is 13.8 Å². The largest absolute Gasteiger partial charge is 0.166 e. The number of benzene rings is 5. The average molecular weight is 536 g/mol. The molecule has 0 nitrogen and oxygen atoms in total. The summed E-state index contributed by atoms with van der Waals surface area (Å²) in [6, 6.07) is 43.2. The van der Waals surface area contributed by atoms with Gasteiger partial charge in [-0.25, -0.2) is 0 Å². The number of rotatable bonds is 7. The molecule has 0 fully saturated rings.